The maximum Gasteiger partial charge on any atom is 0.327 e. The number of hydrogen-bond acceptors (Lipinski definition) is 4. The number of nitrogens with zero attached hydrogens (tertiary/aromatic N) is 3. The minimum Gasteiger partial charge on any atom is -0.313 e. The van der Waals surface area contributed by atoms with Gasteiger partial charge in [0.15, 0.2) is 11.8 Å². The van der Waals surface area contributed by atoms with Gasteiger partial charge in [-0.05, 0) is 49.7 Å². The Hall–Kier alpha value is -1.98. The molecule has 1 radical (unpaired) electrons. The van der Waals surface area contributed by atoms with E-state index in [4.69, 9.17) is 0 Å². The fourth-order valence-electron chi connectivity index (χ4n) is 5.58. The Balaban J connectivity index is 1.57. The van der Waals surface area contributed by atoms with Crippen molar-refractivity contribution in [2.75, 3.05) is 13.6 Å². The highest BCUT2D eigenvalue weighted by Crippen LogP contribution is 2.49. The van der Waals surface area contributed by atoms with Crippen LogP contribution in [0.1, 0.15) is 51.9 Å². The van der Waals surface area contributed by atoms with Crippen molar-refractivity contribution in [1.29, 1.82) is 0 Å². The van der Waals surface area contributed by atoms with Crippen LogP contribution in [0.4, 0.5) is 4.79 Å². The van der Waals surface area contributed by atoms with E-state index in [2.05, 4.69) is 4.99 Å². The summed E-state index contributed by atoms with van der Waals surface area (Å²) in [7, 11) is 1.72. The van der Waals surface area contributed by atoms with Crippen molar-refractivity contribution in [3.05, 3.63) is 18.2 Å². The van der Waals surface area contributed by atoms with Crippen LogP contribution in [0.25, 0.3) is 0 Å². The van der Waals surface area contributed by atoms with Crippen molar-refractivity contribution in [3.8, 4) is 0 Å². The van der Waals surface area contributed by atoms with Gasteiger partial charge >= 0.3 is 6.03 Å². The zero-order valence-electron chi connectivity index (χ0n) is 16.2. The standard InChI is InChI=1S/C21H28N3O3/c1-21(16-12-14-6-3-4-7-15(16)10-9-14)19(26)24(20(27)23(21)2)13-18(25)17-8-5-11-22-17/h5,8,11,14-16H,3-4,6-7,9-10,12-13H2,1-2H3/t14-,15+,16-,21+/m0/s1. The van der Waals surface area contributed by atoms with E-state index in [1.165, 1.54) is 25.7 Å². The third-order valence-electron chi connectivity index (χ3n) is 7.30. The third-order valence-corrected chi connectivity index (χ3v) is 7.30. The SMILES string of the molecule is CN1C(=O)N(CC(=O)[C]2C=CC=N2)C(=O)[C@@]1(C)[C@H]1C[C@H]2CCCC[C@@H]1CC2. The van der Waals surface area contributed by atoms with E-state index in [1.54, 1.807) is 30.3 Å². The van der Waals surface area contributed by atoms with Gasteiger partial charge in [-0.25, -0.2) is 4.79 Å². The number of allylic oxidation sites excluding steroid dienone is 1. The van der Waals surface area contributed by atoms with Crippen LogP contribution in [-0.2, 0) is 9.59 Å². The van der Waals surface area contributed by atoms with Crippen LogP contribution in [0.2, 0.25) is 0 Å². The summed E-state index contributed by atoms with van der Waals surface area (Å²) < 4.78 is 0. The van der Waals surface area contributed by atoms with Gasteiger partial charge in [0, 0.05) is 13.3 Å². The quantitative estimate of drug-likeness (QED) is 0.714. The molecule has 0 aromatic heterocycles. The molecule has 0 aromatic carbocycles. The summed E-state index contributed by atoms with van der Waals surface area (Å²) in [5.41, 5.74) is -0.850. The fourth-order valence-corrected chi connectivity index (χ4v) is 5.58. The number of likely N-dealkylation sites (N-methyl/N-ethyl adjacent to an activating group) is 1. The minimum atomic E-state index is -0.850. The fraction of sp³-hybridized carbons (Fsp3) is 0.667. The van der Waals surface area contributed by atoms with Crippen LogP contribution in [-0.4, -0.2) is 52.9 Å². The smallest absolute Gasteiger partial charge is 0.313 e. The molecule has 0 unspecified atom stereocenters. The van der Waals surface area contributed by atoms with Gasteiger partial charge in [-0.3, -0.25) is 19.5 Å². The average Bonchev–Trinajstić information content (AvgIpc) is 3.22. The van der Waals surface area contributed by atoms with E-state index in [-0.39, 0.29) is 30.2 Å². The predicted molar refractivity (Wildman–Crippen MR) is 102 cm³/mol. The average molecular weight is 370 g/mol. The van der Waals surface area contributed by atoms with Crippen molar-refractivity contribution >= 4 is 23.9 Å². The monoisotopic (exact) mass is 370 g/mol. The lowest BCUT2D eigenvalue weighted by atomic mass is 9.62. The number of amides is 3. The Morgan fingerprint density at radius 1 is 1.22 bits per heavy atom. The number of urea groups is 1. The summed E-state index contributed by atoms with van der Waals surface area (Å²) in [6, 6.07) is -0.0581. The van der Waals surface area contributed by atoms with Gasteiger partial charge in [-0.15, -0.1) is 0 Å². The number of carbonyl (C=O) groups is 3. The van der Waals surface area contributed by atoms with Crippen LogP contribution < -0.4 is 0 Å². The molecule has 5 aliphatic rings. The molecule has 145 valence electrons. The highest BCUT2D eigenvalue weighted by molar-refractivity contribution is 6.11. The van der Waals surface area contributed by atoms with E-state index < -0.39 is 5.54 Å². The van der Waals surface area contributed by atoms with Crippen LogP contribution in [0.3, 0.4) is 0 Å². The Bertz CT molecular complexity index is 699. The van der Waals surface area contributed by atoms with Crippen LogP contribution >= 0.6 is 0 Å². The van der Waals surface area contributed by atoms with E-state index in [1.807, 2.05) is 6.92 Å². The van der Waals surface area contributed by atoms with E-state index in [0.29, 0.717) is 17.9 Å². The summed E-state index contributed by atoms with van der Waals surface area (Å²) >= 11 is 0. The van der Waals surface area contributed by atoms with Crippen LogP contribution in [0.5, 0.6) is 0 Å². The van der Waals surface area contributed by atoms with Gasteiger partial charge < -0.3 is 4.90 Å². The first-order valence-electron chi connectivity index (χ1n) is 10.1. The molecule has 5 rings (SSSR count). The normalized spacial score (nSPS) is 36.6. The maximum absolute atomic E-state index is 13.4. The largest absolute Gasteiger partial charge is 0.327 e. The zero-order valence-corrected chi connectivity index (χ0v) is 16.2. The number of Topliss-reactive ketones (excluding diaryl/α,β-unsaturated/α-hetero) is 1. The Labute approximate surface area is 160 Å². The van der Waals surface area contributed by atoms with Crippen LogP contribution in [0, 0.1) is 23.8 Å². The molecule has 3 aliphatic carbocycles. The van der Waals surface area contributed by atoms with Crippen LogP contribution in [0.15, 0.2) is 17.1 Å². The van der Waals surface area contributed by atoms with Crippen molar-refractivity contribution < 1.29 is 14.4 Å². The lowest BCUT2D eigenvalue weighted by Crippen LogP contribution is -2.55. The summed E-state index contributed by atoms with van der Waals surface area (Å²) in [5.74, 6) is 0.807. The molecule has 2 aliphatic heterocycles. The molecule has 3 amide bonds. The molecule has 0 aromatic rings. The highest BCUT2D eigenvalue weighted by atomic mass is 16.2. The lowest BCUT2D eigenvalue weighted by Gasteiger charge is -2.47. The molecule has 27 heavy (non-hydrogen) atoms. The van der Waals surface area contributed by atoms with Crippen molar-refractivity contribution in [3.63, 3.8) is 0 Å². The molecule has 4 fully saturated rings. The van der Waals surface area contributed by atoms with E-state index in [9.17, 15) is 14.4 Å². The number of ketones is 1. The topological polar surface area (TPSA) is 70.1 Å². The summed E-state index contributed by atoms with van der Waals surface area (Å²) in [5, 5.41) is 0. The van der Waals surface area contributed by atoms with E-state index in [0.717, 1.165) is 24.2 Å². The molecular weight excluding hydrogens is 342 g/mol. The molecule has 0 spiro atoms. The Kier molecular flexibility index (Phi) is 4.68. The second kappa shape index (κ2) is 6.88. The second-order valence-corrected chi connectivity index (χ2v) is 8.66. The maximum atomic E-state index is 13.4. The molecule has 6 nitrogen and oxygen atoms in total. The Morgan fingerprint density at radius 2 is 2.00 bits per heavy atom. The molecule has 3 saturated carbocycles. The summed E-state index contributed by atoms with van der Waals surface area (Å²) in [6.45, 7) is 1.69. The first-order chi connectivity index (χ1) is 12.9. The zero-order chi connectivity index (χ0) is 19.2. The second-order valence-electron chi connectivity index (χ2n) is 8.66. The van der Waals surface area contributed by atoms with Crippen molar-refractivity contribution in [2.24, 2.45) is 22.7 Å². The molecule has 2 bridgehead atoms. The third kappa shape index (κ3) is 2.93. The molecule has 0 N–H and O–H groups in total. The molecular formula is C21H28N3O3. The van der Waals surface area contributed by atoms with Gasteiger partial charge in [-0.1, -0.05) is 32.1 Å². The Morgan fingerprint density at radius 3 is 2.74 bits per heavy atom. The molecule has 6 heteroatoms. The lowest BCUT2D eigenvalue weighted by molar-refractivity contribution is -0.139. The first kappa shape index (κ1) is 18.4. The van der Waals surface area contributed by atoms with Crippen molar-refractivity contribution in [1.82, 2.24) is 9.80 Å². The van der Waals surface area contributed by atoms with Gasteiger partial charge in [-0.2, -0.15) is 0 Å². The molecule has 1 saturated heterocycles. The number of hydrogen-bond donors (Lipinski definition) is 0. The predicted octanol–water partition coefficient (Wildman–Crippen LogP) is 2.99. The number of aliphatic imine (C=N–C) groups is 1. The number of imide groups is 1. The minimum absolute atomic E-state index is 0.176. The number of carbonyl (C=O) groups excluding carboxylic acids is 3. The molecule has 4 atom stereocenters. The van der Waals surface area contributed by atoms with Gasteiger partial charge in [0.1, 0.15) is 5.54 Å². The van der Waals surface area contributed by atoms with Gasteiger partial charge in [0.2, 0.25) is 0 Å². The summed E-state index contributed by atoms with van der Waals surface area (Å²) in [4.78, 5) is 45.5. The molecule has 2 heterocycles. The van der Waals surface area contributed by atoms with Gasteiger partial charge in [0.25, 0.3) is 5.91 Å². The van der Waals surface area contributed by atoms with Gasteiger partial charge in [0.05, 0.1) is 6.54 Å². The van der Waals surface area contributed by atoms with E-state index >= 15 is 0 Å². The number of fused-ring (bicyclic) bond motifs is 5. The first-order valence-corrected chi connectivity index (χ1v) is 10.1. The highest BCUT2D eigenvalue weighted by Gasteiger charge is 2.59. The number of rotatable bonds is 4. The van der Waals surface area contributed by atoms with Crippen molar-refractivity contribution in [2.45, 2.75) is 57.4 Å². The summed E-state index contributed by atoms with van der Waals surface area (Å²) in [6.07, 6.45) is 13.1.